The molecule has 0 spiro atoms. The summed E-state index contributed by atoms with van der Waals surface area (Å²) in [6, 6.07) is 10.3. The third kappa shape index (κ3) is 6.02. The summed E-state index contributed by atoms with van der Waals surface area (Å²) in [5.74, 6) is 0. The quantitative estimate of drug-likeness (QED) is 0.513. The van der Waals surface area contributed by atoms with Crippen molar-refractivity contribution in [2.75, 3.05) is 11.9 Å². The Bertz CT molecular complexity index is 261. The average Bonchev–Trinajstić information content (AvgIpc) is 2.33. The van der Waals surface area contributed by atoms with Crippen LogP contribution in [0.3, 0.4) is 0 Å². The molecule has 2 heteroatoms. The summed E-state index contributed by atoms with van der Waals surface area (Å²) in [5.41, 5.74) is 1.20. The van der Waals surface area contributed by atoms with Crippen molar-refractivity contribution >= 4 is 17.3 Å². The molecule has 0 amide bonds. The van der Waals surface area contributed by atoms with Gasteiger partial charge in [0.15, 0.2) is 0 Å². The van der Waals surface area contributed by atoms with Crippen molar-refractivity contribution in [2.24, 2.45) is 0 Å². The van der Waals surface area contributed by atoms with Crippen LogP contribution in [-0.4, -0.2) is 11.9 Å². The van der Waals surface area contributed by atoms with Crippen LogP contribution in [0.25, 0.3) is 0 Å². The molecule has 1 unspecified atom stereocenters. The van der Waals surface area contributed by atoms with Crippen LogP contribution in [0.1, 0.15) is 39.0 Å². The van der Waals surface area contributed by atoms with E-state index in [1.165, 1.54) is 18.5 Å². The molecule has 0 aliphatic heterocycles. The Morgan fingerprint density at radius 3 is 2.50 bits per heavy atom. The van der Waals surface area contributed by atoms with Gasteiger partial charge in [-0.1, -0.05) is 38.0 Å². The fraction of sp³-hybridized carbons (Fsp3) is 0.571. The van der Waals surface area contributed by atoms with E-state index in [0.29, 0.717) is 5.38 Å². The first kappa shape index (κ1) is 13.4. The Hall–Kier alpha value is -0.690. The number of hydrogen-bond donors (Lipinski definition) is 1. The average molecular weight is 240 g/mol. The molecule has 0 saturated heterocycles. The normalized spacial score (nSPS) is 12.4. The topological polar surface area (TPSA) is 12.0 Å². The Morgan fingerprint density at radius 2 is 1.81 bits per heavy atom. The third-order valence-electron chi connectivity index (χ3n) is 2.67. The van der Waals surface area contributed by atoms with Crippen molar-refractivity contribution in [1.82, 2.24) is 0 Å². The maximum atomic E-state index is 6.21. The lowest BCUT2D eigenvalue weighted by molar-refractivity contribution is 0.625. The van der Waals surface area contributed by atoms with Crippen LogP contribution < -0.4 is 5.32 Å². The van der Waals surface area contributed by atoms with E-state index in [2.05, 4.69) is 24.4 Å². The molecule has 0 saturated carbocycles. The van der Waals surface area contributed by atoms with E-state index < -0.39 is 0 Å². The highest BCUT2D eigenvalue weighted by Crippen LogP contribution is 2.13. The van der Waals surface area contributed by atoms with Gasteiger partial charge in [-0.3, -0.25) is 0 Å². The predicted octanol–water partition coefficient (Wildman–Crippen LogP) is 4.68. The molecule has 90 valence electrons. The number of nitrogens with one attached hydrogen (secondary N) is 1. The van der Waals surface area contributed by atoms with E-state index in [1.54, 1.807) is 0 Å². The molecule has 1 aromatic rings. The van der Waals surface area contributed by atoms with Crippen molar-refractivity contribution in [3.8, 4) is 0 Å². The molecule has 0 bridgehead atoms. The van der Waals surface area contributed by atoms with Crippen molar-refractivity contribution in [2.45, 2.75) is 44.4 Å². The molecule has 16 heavy (non-hydrogen) atoms. The fourth-order valence-corrected chi connectivity index (χ4v) is 1.99. The Morgan fingerprint density at radius 1 is 1.12 bits per heavy atom. The minimum absolute atomic E-state index is 0.359. The lowest BCUT2D eigenvalue weighted by Gasteiger charge is -2.09. The molecular formula is C14H22ClN. The van der Waals surface area contributed by atoms with Gasteiger partial charge in [0, 0.05) is 17.6 Å². The van der Waals surface area contributed by atoms with E-state index in [0.717, 1.165) is 25.8 Å². The van der Waals surface area contributed by atoms with Gasteiger partial charge in [-0.15, -0.1) is 11.6 Å². The summed E-state index contributed by atoms with van der Waals surface area (Å²) in [5, 5.41) is 3.76. The van der Waals surface area contributed by atoms with Crippen molar-refractivity contribution < 1.29 is 0 Å². The van der Waals surface area contributed by atoms with Crippen LogP contribution in [-0.2, 0) is 0 Å². The van der Waals surface area contributed by atoms with E-state index in [4.69, 9.17) is 11.6 Å². The molecule has 0 aromatic heterocycles. The molecule has 1 N–H and O–H groups in total. The zero-order chi connectivity index (χ0) is 11.6. The third-order valence-corrected chi connectivity index (χ3v) is 3.10. The smallest absolute Gasteiger partial charge is 0.0340 e. The largest absolute Gasteiger partial charge is 0.385 e. The number of hydrogen-bond acceptors (Lipinski definition) is 1. The fourth-order valence-electron chi connectivity index (χ4n) is 1.68. The summed E-state index contributed by atoms with van der Waals surface area (Å²) < 4.78 is 0. The van der Waals surface area contributed by atoms with Crippen LogP contribution in [0.15, 0.2) is 30.3 Å². The van der Waals surface area contributed by atoms with Gasteiger partial charge in [0.1, 0.15) is 0 Å². The zero-order valence-corrected chi connectivity index (χ0v) is 10.8. The van der Waals surface area contributed by atoms with E-state index in [-0.39, 0.29) is 0 Å². The summed E-state index contributed by atoms with van der Waals surface area (Å²) in [4.78, 5) is 0. The number of benzene rings is 1. The number of unbranched alkanes of at least 4 members (excludes halogenated alkanes) is 1. The second-order valence-electron chi connectivity index (χ2n) is 4.17. The summed E-state index contributed by atoms with van der Waals surface area (Å²) in [7, 11) is 0. The first-order valence-corrected chi connectivity index (χ1v) is 6.69. The van der Waals surface area contributed by atoms with Gasteiger partial charge >= 0.3 is 0 Å². The molecular weight excluding hydrogens is 218 g/mol. The van der Waals surface area contributed by atoms with Gasteiger partial charge in [0.2, 0.25) is 0 Å². The van der Waals surface area contributed by atoms with Gasteiger partial charge < -0.3 is 5.32 Å². The minimum atomic E-state index is 0.359. The molecule has 0 heterocycles. The Kier molecular flexibility index (Phi) is 7.07. The monoisotopic (exact) mass is 239 g/mol. The number of anilines is 1. The van der Waals surface area contributed by atoms with Gasteiger partial charge in [-0.25, -0.2) is 0 Å². The molecule has 0 aliphatic carbocycles. The summed E-state index contributed by atoms with van der Waals surface area (Å²) >= 11 is 6.21. The molecule has 1 atom stereocenters. The summed E-state index contributed by atoms with van der Waals surface area (Å²) in [6.07, 6.45) is 5.91. The molecule has 1 nitrogen and oxygen atoms in total. The van der Waals surface area contributed by atoms with Crippen LogP contribution in [0.5, 0.6) is 0 Å². The van der Waals surface area contributed by atoms with Gasteiger partial charge in [-0.05, 0) is 31.4 Å². The van der Waals surface area contributed by atoms with E-state index in [1.807, 2.05) is 18.2 Å². The highest BCUT2D eigenvalue weighted by Gasteiger charge is 2.02. The van der Waals surface area contributed by atoms with Crippen LogP contribution in [0.2, 0.25) is 0 Å². The van der Waals surface area contributed by atoms with Crippen LogP contribution in [0, 0.1) is 0 Å². The van der Waals surface area contributed by atoms with Crippen molar-refractivity contribution in [3.05, 3.63) is 30.3 Å². The lowest BCUT2D eigenvalue weighted by Crippen LogP contribution is -2.05. The van der Waals surface area contributed by atoms with Gasteiger partial charge in [0.05, 0.1) is 0 Å². The van der Waals surface area contributed by atoms with Crippen LogP contribution >= 0.6 is 11.6 Å². The second kappa shape index (κ2) is 8.46. The molecule has 0 fully saturated rings. The first-order chi connectivity index (χ1) is 7.83. The molecule has 1 aromatic carbocycles. The lowest BCUT2D eigenvalue weighted by atomic mass is 10.1. The number of halogens is 1. The van der Waals surface area contributed by atoms with Crippen molar-refractivity contribution in [3.63, 3.8) is 0 Å². The maximum Gasteiger partial charge on any atom is 0.0340 e. The summed E-state index contributed by atoms with van der Waals surface area (Å²) in [6.45, 7) is 3.22. The number of para-hydroxylation sites is 1. The molecule has 0 radical (unpaired) electrons. The molecule has 0 aliphatic rings. The Labute approximate surface area is 104 Å². The minimum Gasteiger partial charge on any atom is -0.385 e. The first-order valence-electron chi connectivity index (χ1n) is 6.26. The van der Waals surface area contributed by atoms with Crippen molar-refractivity contribution in [1.29, 1.82) is 0 Å². The zero-order valence-electron chi connectivity index (χ0n) is 10.1. The molecule has 1 rings (SSSR count). The number of rotatable bonds is 8. The van der Waals surface area contributed by atoms with Gasteiger partial charge in [0.25, 0.3) is 0 Å². The van der Waals surface area contributed by atoms with E-state index >= 15 is 0 Å². The second-order valence-corrected chi connectivity index (χ2v) is 4.79. The van der Waals surface area contributed by atoms with Crippen LogP contribution in [0.4, 0.5) is 5.69 Å². The SMILES string of the molecule is CCCCC(Cl)CCCNc1ccccc1. The highest BCUT2D eigenvalue weighted by molar-refractivity contribution is 6.20. The van der Waals surface area contributed by atoms with E-state index in [9.17, 15) is 0 Å². The standard InChI is InChI=1S/C14H22ClN/c1-2-3-8-13(15)9-7-12-16-14-10-5-4-6-11-14/h4-6,10-11,13,16H,2-3,7-9,12H2,1H3. The maximum absolute atomic E-state index is 6.21. The predicted molar refractivity (Wildman–Crippen MR) is 73.3 cm³/mol. The number of alkyl halides is 1. The highest BCUT2D eigenvalue weighted by atomic mass is 35.5. The Balaban J connectivity index is 2.03. The van der Waals surface area contributed by atoms with Gasteiger partial charge in [-0.2, -0.15) is 0 Å².